The van der Waals surface area contributed by atoms with Crippen LogP contribution in [0.3, 0.4) is 0 Å². The molecule has 2 bridgehead atoms. The molecule has 2 aliphatic heterocycles. The Morgan fingerprint density at radius 2 is 1.81 bits per heavy atom. The third-order valence-electron chi connectivity index (χ3n) is 6.89. The van der Waals surface area contributed by atoms with Gasteiger partial charge < -0.3 is 15.1 Å². The molecule has 2 fully saturated rings. The van der Waals surface area contributed by atoms with E-state index in [9.17, 15) is 8.78 Å². The maximum atomic E-state index is 13.7. The van der Waals surface area contributed by atoms with E-state index < -0.39 is 11.6 Å². The molecule has 1 aliphatic carbocycles. The quantitative estimate of drug-likeness (QED) is 0.671. The molecule has 8 nitrogen and oxygen atoms in total. The van der Waals surface area contributed by atoms with Gasteiger partial charge in [-0.25, -0.2) is 23.4 Å². The largest absolute Gasteiger partial charge is 0.356 e. The molecule has 0 radical (unpaired) electrons. The Balaban J connectivity index is 1.18. The standard InChI is InChI=1S/C22H24F2N8/c1-13-8-19(26-12-25-13)30-10-14-2-3-15(11-30)20(14)27-21-28-22-31(6-7-32(22)29-21)16-4-5-17(23)18(24)9-16/h4-5,8-9,12,14-15,20H,2-3,6-7,10-11H2,1H3,(H,27,29)/t14-,15?,20-/m0/s1. The minimum absolute atomic E-state index is 0.314. The monoisotopic (exact) mass is 438 g/mol. The number of rotatable bonds is 4. The van der Waals surface area contributed by atoms with Crippen molar-refractivity contribution in [3.63, 3.8) is 0 Å². The van der Waals surface area contributed by atoms with Crippen LogP contribution in [0.15, 0.2) is 30.6 Å². The van der Waals surface area contributed by atoms with Crippen LogP contribution in [0.5, 0.6) is 0 Å². The molecule has 10 heteroatoms. The smallest absolute Gasteiger partial charge is 0.244 e. The topological polar surface area (TPSA) is 75.0 Å². The Morgan fingerprint density at radius 3 is 2.56 bits per heavy atom. The van der Waals surface area contributed by atoms with Gasteiger partial charge in [0.15, 0.2) is 11.6 Å². The van der Waals surface area contributed by atoms with Crippen molar-refractivity contribution in [2.45, 2.75) is 32.4 Å². The van der Waals surface area contributed by atoms with Gasteiger partial charge in [-0.05, 0) is 43.7 Å². The molecule has 3 atom stereocenters. The predicted molar refractivity (Wildman–Crippen MR) is 116 cm³/mol. The average molecular weight is 438 g/mol. The number of halogens is 2. The average Bonchev–Trinajstić information content (AvgIpc) is 3.41. The van der Waals surface area contributed by atoms with Crippen molar-refractivity contribution < 1.29 is 8.78 Å². The zero-order valence-corrected chi connectivity index (χ0v) is 17.7. The van der Waals surface area contributed by atoms with Crippen LogP contribution in [0.1, 0.15) is 18.5 Å². The van der Waals surface area contributed by atoms with Crippen LogP contribution >= 0.6 is 0 Å². The molecule has 32 heavy (non-hydrogen) atoms. The van der Waals surface area contributed by atoms with Crippen LogP contribution < -0.4 is 15.1 Å². The Morgan fingerprint density at radius 1 is 1.00 bits per heavy atom. The lowest BCUT2D eigenvalue weighted by Gasteiger charge is -2.38. The minimum atomic E-state index is -0.860. The molecular formula is C22H24F2N8. The van der Waals surface area contributed by atoms with Gasteiger partial charge in [0, 0.05) is 49.2 Å². The second-order valence-electron chi connectivity index (χ2n) is 8.90. The van der Waals surface area contributed by atoms with Gasteiger partial charge >= 0.3 is 0 Å². The molecule has 166 valence electrons. The van der Waals surface area contributed by atoms with Crippen molar-refractivity contribution in [3.8, 4) is 0 Å². The van der Waals surface area contributed by atoms with Crippen molar-refractivity contribution in [1.82, 2.24) is 24.7 Å². The molecule has 1 unspecified atom stereocenters. The second-order valence-corrected chi connectivity index (χ2v) is 8.90. The number of hydrogen-bond donors (Lipinski definition) is 1. The highest BCUT2D eigenvalue weighted by atomic mass is 19.2. The van der Waals surface area contributed by atoms with Gasteiger partial charge in [-0.2, -0.15) is 4.98 Å². The van der Waals surface area contributed by atoms with E-state index in [1.807, 2.05) is 22.6 Å². The fourth-order valence-electron chi connectivity index (χ4n) is 5.34. The lowest BCUT2D eigenvalue weighted by Crippen LogP contribution is -2.48. The Bertz CT molecular complexity index is 1150. The third-order valence-corrected chi connectivity index (χ3v) is 6.89. The highest BCUT2D eigenvalue weighted by molar-refractivity contribution is 5.60. The first-order valence-electron chi connectivity index (χ1n) is 11.0. The molecule has 3 aliphatic rings. The summed E-state index contributed by atoms with van der Waals surface area (Å²) in [5.74, 6) is 1.51. The van der Waals surface area contributed by atoms with Crippen LogP contribution in [0, 0.1) is 30.4 Å². The summed E-state index contributed by atoms with van der Waals surface area (Å²) in [6, 6.07) is 6.28. The number of fused-ring (bicyclic) bond motifs is 3. The number of aryl methyl sites for hydroxylation is 1. The lowest BCUT2D eigenvalue weighted by molar-refractivity contribution is 0.374. The number of nitrogens with zero attached hydrogens (tertiary/aromatic N) is 7. The molecule has 3 aromatic rings. The molecule has 2 aromatic heterocycles. The van der Waals surface area contributed by atoms with E-state index in [4.69, 9.17) is 4.98 Å². The van der Waals surface area contributed by atoms with E-state index in [1.54, 1.807) is 12.4 Å². The number of benzene rings is 1. The van der Waals surface area contributed by atoms with Gasteiger partial charge in [0.05, 0.1) is 6.54 Å². The molecule has 4 heterocycles. The highest BCUT2D eigenvalue weighted by Gasteiger charge is 2.43. The molecule has 1 saturated carbocycles. The zero-order valence-electron chi connectivity index (χ0n) is 17.7. The second kappa shape index (κ2) is 7.39. The van der Waals surface area contributed by atoms with E-state index in [1.165, 1.54) is 6.07 Å². The van der Waals surface area contributed by atoms with Gasteiger partial charge in [0.2, 0.25) is 11.9 Å². The van der Waals surface area contributed by atoms with Crippen LogP contribution in [0.25, 0.3) is 0 Å². The fraction of sp³-hybridized carbons (Fsp3) is 0.455. The summed E-state index contributed by atoms with van der Waals surface area (Å²) in [6.45, 7) is 5.16. The van der Waals surface area contributed by atoms with Crippen molar-refractivity contribution in [3.05, 3.63) is 47.9 Å². The molecule has 1 aromatic carbocycles. The van der Waals surface area contributed by atoms with E-state index in [0.717, 1.165) is 43.5 Å². The van der Waals surface area contributed by atoms with E-state index >= 15 is 0 Å². The molecular weight excluding hydrogens is 414 g/mol. The SMILES string of the molecule is Cc1cc(N2CC3CC[C@@H](C2)[C@@H]3Nc2nc3n(n2)CCN3c2ccc(F)c(F)c2)ncn1. The summed E-state index contributed by atoms with van der Waals surface area (Å²) in [7, 11) is 0. The van der Waals surface area contributed by atoms with Gasteiger partial charge in [0.1, 0.15) is 12.1 Å². The highest BCUT2D eigenvalue weighted by Crippen LogP contribution is 2.40. The minimum Gasteiger partial charge on any atom is -0.356 e. The first-order chi connectivity index (χ1) is 15.5. The lowest BCUT2D eigenvalue weighted by atomic mass is 9.92. The third kappa shape index (κ3) is 3.25. The number of anilines is 4. The van der Waals surface area contributed by atoms with Gasteiger partial charge in [-0.3, -0.25) is 0 Å². The van der Waals surface area contributed by atoms with Gasteiger partial charge in [0.25, 0.3) is 0 Å². The summed E-state index contributed by atoms with van der Waals surface area (Å²) >= 11 is 0. The Hall–Kier alpha value is -3.30. The Kier molecular flexibility index (Phi) is 4.48. The number of nitrogens with one attached hydrogen (secondary N) is 1. The van der Waals surface area contributed by atoms with Crippen LogP contribution in [-0.4, -0.2) is 50.4 Å². The first-order valence-corrected chi connectivity index (χ1v) is 11.0. The van der Waals surface area contributed by atoms with Crippen molar-refractivity contribution in [2.75, 3.05) is 34.8 Å². The summed E-state index contributed by atoms with van der Waals surface area (Å²) in [5, 5.41) is 8.22. The maximum Gasteiger partial charge on any atom is 0.244 e. The van der Waals surface area contributed by atoms with Gasteiger partial charge in [-0.1, -0.05) is 0 Å². The van der Waals surface area contributed by atoms with Crippen LogP contribution in [0.2, 0.25) is 0 Å². The summed E-state index contributed by atoms with van der Waals surface area (Å²) in [6.07, 6.45) is 3.96. The predicted octanol–water partition coefficient (Wildman–Crippen LogP) is 3.13. The number of aromatic nitrogens is 5. The van der Waals surface area contributed by atoms with E-state index in [0.29, 0.717) is 48.6 Å². The summed E-state index contributed by atoms with van der Waals surface area (Å²) in [4.78, 5) is 17.6. The fourth-order valence-corrected chi connectivity index (χ4v) is 5.34. The van der Waals surface area contributed by atoms with Crippen molar-refractivity contribution >= 4 is 23.4 Å². The molecule has 6 rings (SSSR count). The summed E-state index contributed by atoms with van der Waals surface area (Å²) < 4.78 is 28.9. The van der Waals surface area contributed by atoms with Crippen LogP contribution in [0.4, 0.5) is 32.2 Å². The van der Waals surface area contributed by atoms with E-state index in [-0.39, 0.29) is 0 Å². The maximum absolute atomic E-state index is 13.7. The molecule has 0 spiro atoms. The van der Waals surface area contributed by atoms with Crippen molar-refractivity contribution in [1.29, 1.82) is 0 Å². The van der Waals surface area contributed by atoms with E-state index in [2.05, 4.69) is 25.3 Å². The number of piperidine rings is 1. The van der Waals surface area contributed by atoms with Crippen LogP contribution in [-0.2, 0) is 6.54 Å². The normalized spacial score (nSPS) is 24.2. The first kappa shape index (κ1) is 19.4. The number of hydrogen-bond acceptors (Lipinski definition) is 7. The van der Waals surface area contributed by atoms with Crippen molar-refractivity contribution in [2.24, 2.45) is 11.8 Å². The molecule has 1 saturated heterocycles. The molecule has 0 amide bonds. The Labute approximate surface area is 184 Å². The summed E-state index contributed by atoms with van der Waals surface area (Å²) in [5.41, 5.74) is 1.56. The van der Waals surface area contributed by atoms with Gasteiger partial charge in [-0.15, -0.1) is 5.10 Å². The molecule has 1 N–H and O–H groups in total. The zero-order chi connectivity index (χ0) is 21.8.